The van der Waals surface area contributed by atoms with Gasteiger partial charge in [0.1, 0.15) is 5.82 Å². The van der Waals surface area contributed by atoms with Crippen molar-refractivity contribution in [2.75, 3.05) is 4.90 Å². The molecule has 1 aliphatic heterocycles. The van der Waals surface area contributed by atoms with Gasteiger partial charge in [0, 0.05) is 24.3 Å². The third kappa shape index (κ3) is 3.13. The van der Waals surface area contributed by atoms with E-state index in [1.54, 1.807) is 0 Å². The Balaban J connectivity index is 1.46. The molecule has 0 atom stereocenters. The van der Waals surface area contributed by atoms with Crippen LogP contribution in [-0.2, 0) is 36.1 Å². The summed E-state index contributed by atoms with van der Waals surface area (Å²) in [6.07, 6.45) is 1.68. The second-order valence-electron chi connectivity index (χ2n) is 8.84. The van der Waals surface area contributed by atoms with E-state index in [1.807, 2.05) is 33.7 Å². The Morgan fingerprint density at radius 1 is 1.07 bits per heavy atom. The number of aryl methyl sites for hydroxylation is 1. The Kier molecular flexibility index (Phi) is 4.67. The number of rotatable bonds is 5. The normalized spacial score (nSPS) is 19.7. The summed E-state index contributed by atoms with van der Waals surface area (Å²) >= 11 is 0. The third-order valence-corrected chi connectivity index (χ3v) is 7.03. The summed E-state index contributed by atoms with van der Waals surface area (Å²) in [6.45, 7) is 0.628. The predicted octanol–water partition coefficient (Wildman–Crippen LogP) is 5.07. The van der Waals surface area contributed by atoms with Crippen molar-refractivity contribution in [3.05, 3.63) is 47.0 Å². The molecule has 0 unspecified atom stereocenters. The van der Waals surface area contributed by atoms with Crippen LogP contribution >= 0.6 is 0 Å². The van der Waals surface area contributed by atoms with E-state index in [0.717, 1.165) is 73.4 Å². The molecule has 1 aromatic carbocycles. The first-order valence-electron chi connectivity index (χ1n) is 10.9. The minimum absolute atomic E-state index is 0.0355. The van der Waals surface area contributed by atoms with Crippen molar-refractivity contribution < 1.29 is 18.0 Å². The maximum atomic E-state index is 13.4. The van der Waals surface area contributed by atoms with Crippen molar-refractivity contribution in [1.29, 1.82) is 0 Å². The molecule has 2 aromatic rings. The van der Waals surface area contributed by atoms with Crippen LogP contribution < -0.4 is 4.90 Å². The van der Waals surface area contributed by atoms with E-state index in [2.05, 4.69) is 0 Å². The monoisotopic (exact) mass is 417 g/mol. The Labute approximate surface area is 174 Å². The van der Waals surface area contributed by atoms with Gasteiger partial charge in [-0.3, -0.25) is 4.79 Å². The van der Waals surface area contributed by atoms with E-state index in [1.165, 1.54) is 0 Å². The van der Waals surface area contributed by atoms with Crippen LogP contribution in [0.25, 0.3) is 0 Å². The van der Waals surface area contributed by atoms with Crippen LogP contribution in [0.1, 0.15) is 67.7 Å². The van der Waals surface area contributed by atoms with Crippen molar-refractivity contribution in [3.63, 3.8) is 0 Å². The number of alkyl halides is 3. The first-order valence-corrected chi connectivity index (χ1v) is 10.9. The minimum atomic E-state index is -4.15. The van der Waals surface area contributed by atoms with Crippen LogP contribution in [0.15, 0.2) is 24.3 Å². The number of halogens is 3. The van der Waals surface area contributed by atoms with Gasteiger partial charge in [-0.25, -0.2) is 4.98 Å². The van der Waals surface area contributed by atoms with Crippen molar-refractivity contribution in [3.8, 4) is 0 Å². The van der Waals surface area contributed by atoms with E-state index in [9.17, 15) is 18.0 Å². The number of hydrogen-bond acceptors (Lipinski definition) is 2. The number of benzene rings is 1. The van der Waals surface area contributed by atoms with Crippen LogP contribution in [0, 0.1) is 0 Å². The second-order valence-corrected chi connectivity index (χ2v) is 8.84. The van der Waals surface area contributed by atoms with Gasteiger partial charge in [0.15, 0.2) is 0 Å². The predicted molar refractivity (Wildman–Crippen MR) is 107 cm³/mol. The molecule has 0 bridgehead atoms. The maximum Gasteiger partial charge on any atom is 0.389 e. The van der Waals surface area contributed by atoms with Gasteiger partial charge in [-0.05, 0) is 56.6 Å². The Morgan fingerprint density at radius 2 is 1.83 bits per heavy atom. The van der Waals surface area contributed by atoms with Gasteiger partial charge >= 0.3 is 6.18 Å². The average Bonchev–Trinajstić information content (AvgIpc) is 3.14. The summed E-state index contributed by atoms with van der Waals surface area (Å²) in [5.41, 5.74) is 3.70. The molecule has 0 radical (unpaired) electrons. The summed E-state index contributed by atoms with van der Waals surface area (Å²) < 4.78 is 40.1. The van der Waals surface area contributed by atoms with Crippen molar-refractivity contribution in [2.24, 2.45) is 0 Å². The summed E-state index contributed by atoms with van der Waals surface area (Å²) in [5, 5.41) is 0. The largest absolute Gasteiger partial charge is 0.389 e. The molecule has 7 heteroatoms. The average molecular weight is 417 g/mol. The number of hydrogen-bond donors (Lipinski definition) is 0. The minimum Gasteiger partial charge on any atom is -0.330 e. The van der Waals surface area contributed by atoms with E-state index in [-0.39, 0.29) is 12.3 Å². The molecule has 1 spiro atoms. The number of carbonyl (C=O) groups excluding carboxylic acids is 1. The highest BCUT2D eigenvalue weighted by molar-refractivity contribution is 6.08. The topological polar surface area (TPSA) is 38.1 Å². The highest BCUT2D eigenvalue weighted by Crippen LogP contribution is 2.53. The molecule has 0 saturated heterocycles. The molecule has 5 rings (SSSR count). The van der Waals surface area contributed by atoms with E-state index in [4.69, 9.17) is 4.98 Å². The molecule has 1 aromatic heterocycles. The highest BCUT2D eigenvalue weighted by atomic mass is 19.4. The molecule has 1 saturated carbocycles. The van der Waals surface area contributed by atoms with E-state index < -0.39 is 18.0 Å². The fraction of sp³-hybridized carbons (Fsp3) is 0.565. The number of nitrogens with zero attached hydrogens (tertiary/aromatic N) is 3. The summed E-state index contributed by atoms with van der Waals surface area (Å²) in [6, 6.07) is 7.95. The quantitative estimate of drug-likeness (QED) is 0.681. The van der Waals surface area contributed by atoms with Crippen molar-refractivity contribution >= 4 is 11.6 Å². The van der Waals surface area contributed by atoms with Crippen LogP contribution in [0.3, 0.4) is 0 Å². The molecule has 0 N–H and O–H groups in total. The zero-order valence-corrected chi connectivity index (χ0v) is 17.0. The third-order valence-electron chi connectivity index (χ3n) is 7.03. The fourth-order valence-electron chi connectivity index (χ4n) is 5.39. The Hall–Kier alpha value is -2.31. The van der Waals surface area contributed by atoms with Gasteiger partial charge in [-0.2, -0.15) is 13.2 Å². The highest BCUT2D eigenvalue weighted by Gasteiger charge is 2.54. The van der Waals surface area contributed by atoms with Crippen LogP contribution in [0.2, 0.25) is 0 Å². The van der Waals surface area contributed by atoms with E-state index >= 15 is 0 Å². The fourth-order valence-corrected chi connectivity index (χ4v) is 5.39. The lowest BCUT2D eigenvalue weighted by atomic mass is 9.65. The van der Waals surface area contributed by atoms with Crippen molar-refractivity contribution in [1.82, 2.24) is 9.55 Å². The first-order chi connectivity index (χ1) is 14.4. The molecular weight excluding hydrogens is 391 g/mol. The van der Waals surface area contributed by atoms with Gasteiger partial charge < -0.3 is 9.47 Å². The number of aromatic nitrogens is 2. The number of anilines is 1. The standard InChI is InChI=1S/C23H26F3N3O/c24-23(25,26)13-6-14-28-19-10-4-2-8-17(19)27-20(28)15-29-18-9-3-1-7-16(18)22(21(29)30)11-5-12-22/h1,3,7,9H,2,4-6,8,10-15H2. The molecule has 1 amide bonds. The van der Waals surface area contributed by atoms with Gasteiger partial charge in [0.25, 0.3) is 0 Å². The molecule has 2 heterocycles. The van der Waals surface area contributed by atoms with Gasteiger partial charge in [0.05, 0.1) is 17.7 Å². The Morgan fingerprint density at radius 3 is 2.57 bits per heavy atom. The van der Waals surface area contributed by atoms with E-state index in [0.29, 0.717) is 13.1 Å². The lowest BCUT2D eigenvalue weighted by Crippen LogP contribution is -2.45. The van der Waals surface area contributed by atoms with Crippen LogP contribution in [-0.4, -0.2) is 21.6 Å². The zero-order chi connectivity index (χ0) is 20.9. The molecular formula is C23H26F3N3O. The number of imidazole rings is 1. The number of carbonyl (C=O) groups is 1. The number of amides is 1. The van der Waals surface area contributed by atoms with Gasteiger partial charge in [-0.1, -0.05) is 24.6 Å². The number of para-hydroxylation sites is 1. The lowest BCUT2D eigenvalue weighted by molar-refractivity contribution is -0.136. The molecule has 4 nitrogen and oxygen atoms in total. The van der Waals surface area contributed by atoms with Crippen LogP contribution in [0.4, 0.5) is 18.9 Å². The first kappa shape index (κ1) is 19.6. The SMILES string of the molecule is O=C1N(Cc2nc3c(n2CCCC(F)(F)F)CCCC3)c2ccccc2C12CCC2. The number of fused-ring (bicyclic) bond motifs is 3. The smallest absolute Gasteiger partial charge is 0.330 e. The zero-order valence-electron chi connectivity index (χ0n) is 17.0. The van der Waals surface area contributed by atoms with Gasteiger partial charge in [-0.15, -0.1) is 0 Å². The Bertz CT molecular complexity index is 975. The second kappa shape index (κ2) is 7.13. The summed E-state index contributed by atoms with van der Waals surface area (Å²) in [7, 11) is 0. The molecule has 1 fully saturated rings. The maximum absolute atomic E-state index is 13.4. The summed E-state index contributed by atoms with van der Waals surface area (Å²) in [5.74, 6) is 0.848. The van der Waals surface area contributed by atoms with Crippen LogP contribution in [0.5, 0.6) is 0 Å². The van der Waals surface area contributed by atoms with Crippen molar-refractivity contribution in [2.45, 2.75) is 82.5 Å². The lowest BCUT2D eigenvalue weighted by Gasteiger charge is -2.37. The summed E-state index contributed by atoms with van der Waals surface area (Å²) in [4.78, 5) is 20.0. The molecule has 30 heavy (non-hydrogen) atoms. The molecule has 3 aliphatic rings. The molecule has 2 aliphatic carbocycles. The molecule has 160 valence electrons. The van der Waals surface area contributed by atoms with Gasteiger partial charge in [0.2, 0.25) is 5.91 Å².